The summed E-state index contributed by atoms with van der Waals surface area (Å²) in [5.41, 5.74) is -0.0344. The minimum absolute atomic E-state index is 0.0429. The highest BCUT2D eigenvalue weighted by Gasteiger charge is 2.30. The first-order valence-corrected chi connectivity index (χ1v) is 8.33. The van der Waals surface area contributed by atoms with Gasteiger partial charge >= 0.3 is 6.18 Å². The van der Waals surface area contributed by atoms with E-state index in [0.717, 1.165) is 24.2 Å². The van der Waals surface area contributed by atoms with Gasteiger partial charge in [-0.25, -0.2) is 0 Å². The second-order valence-electron chi connectivity index (χ2n) is 6.06. The predicted octanol–water partition coefficient (Wildman–Crippen LogP) is 3.85. The van der Waals surface area contributed by atoms with Gasteiger partial charge in [-0.1, -0.05) is 6.07 Å². The molecule has 5 nitrogen and oxygen atoms in total. The van der Waals surface area contributed by atoms with Crippen molar-refractivity contribution in [2.24, 2.45) is 0 Å². The largest absolute Gasteiger partial charge is 0.484 e. The molecule has 142 valence electrons. The number of anilines is 2. The first kappa shape index (κ1) is 18.8. The molecule has 8 heteroatoms. The molecule has 2 aromatic carbocycles. The fourth-order valence-electron chi connectivity index (χ4n) is 2.76. The fraction of sp³-hybridized carbons (Fsp3) is 0.263. The van der Waals surface area contributed by atoms with Gasteiger partial charge in [-0.05, 0) is 48.9 Å². The Morgan fingerprint density at radius 3 is 2.52 bits per heavy atom. The number of alkyl halides is 3. The van der Waals surface area contributed by atoms with E-state index in [1.54, 1.807) is 29.2 Å². The van der Waals surface area contributed by atoms with Gasteiger partial charge < -0.3 is 15.0 Å². The minimum atomic E-state index is -4.48. The summed E-state index contributed by atoms with van der Waals surface area (Å²) in [4.78, 5) is 25.3. The van der Waals surface area contributed by atoms with Crippen LogP contribution >= 0.6 is 0 Å². The third kappa shape index (κ3) is 4.78. The van der Waals surface area contributed by atoms with E-state index in [2.05, 4.69) is 5.32 Å². The number of rotatable bonds is 5. The van der Waals surface area contributed by atoms with Crippen molar-refractivity contribution in [2.75, 3.05) is 23.4 Å². The Morgan fingerprint density at radius 2 is 1.89 bits per heavy atom. The summed E-state index contributed by atoms with van der Waals surface area (Å²) in [6, 6.07) is 11.1. The fourth-order valence-corrected chi connectivity index (χ4v) is 2.76. The SMILES string of the molecule is O=C(COc1ccc(N2CCCC2=O)cc1)Nc1cccc(C(F)(F)F)c1. The van der Waals surface area contributed by atoms with Gasteiger partial charge in [0.25, 0.3) is 5.91 Å². The molecule has 1 N–H and O–H groups in total. The Morgan fingerprint density at radius 1 is 1.15 bits per heavy atom. The lowest BCUT2D eigenvalue weighted by Gasteiger charge is -2.16. The molecule has 2 aromatic rings. The number of hydrogen-bond donors (Lipinski definition) is 1. The molecule has 0 aromatic heterocycles. The predicted molar refractivity (Wildman–Crippen MR) is 93.6 cm³/mol. The Labute approximate surface area is 153 Å². The molecule has 1 aliphatic rings. The van der Waals surface area contributed by atoms with Gasteiger partial charge in [0.15, 0.2) is 6.61 Å². The summed E-state index contributed by atoms with van der Waals surface area (Å²) in [6.45, 7) is 0.330. The van der Waals surface area contributed by atoms with Crippen LogP contribution in [-0.4, -0.2) is 25.0 Å². The molecular weight excluding hydrogens is 361 g/mol. The standard InChI is InChI=1S/C19H17F3N2O3/c20-19(21,22)13-3-1-4-14(11-13)23-17(25)12-27-16-8-6-15(7-9-16)24-10-2-5-18(24)26/h1,3-4,6-9,11H,2,5,10,12H2,(H,23,25). The number of carbonyl (C=O) groups excluding carboxylic acids is 2. The van der Waals surface area contributed by atoms with Crippen molar-refractivity contribution in [3.8, 4) is 5.75 Å². The van der Waals surface area contributed by atoms with Crippen molar-refractivity contribution < 1.29 is 27.5 Å². The maximum absolute atomic E-state index is 12.7. The van der Waals surface area contributed by atoms with Gasteiger partial charge in [0.2, 0.25) is 5.91 Å². The molecule has 1 heterocycles. The first-order chi connectivity index (χ1) is 12.8. The molecule has 0 aliphatic carbocycles. The molecular formula is C19H17F3N2O3. The minimum Gasteiger partial charge on any atom is -0.484 e. The van der Waals surface area contributed by atoms with E-state index in [9.17, 15) is 22.8 Å². The van der Waals surface area contributed by atoms with E-state index in [1.807, 2.05) is 0 Å². The van der Waals surface area contributed by atoms with Crippen LogP contribution in [0, 0.1) is 0 Å². The van der Waals surface area contributed by atoms with Gasteiger partial charge in [0.1, 0.15) is 5.75 Å². The molecule has 0 bridgehead atoms. The molecule has 3 rings (SSSR count). The zero-order valence-corrected chi connectivity index (χ0v) is 14.3. The lowest BCUT2D eigenvalue weighted by molar-refractivity contribution is -0.137. The number of nitrogens with one attached hydrogen (secondary N) is 1. The third-order valence-corrected chi connectivity index (χ3v) is 4.07. The maximum Gasteiger partial charge on any atom is 0.416 e. The number of halogens is 3. The Balaban J connectivity index is 1.54. The summed E-state index contributed by atoms with van der Waals surface area (Å²) in [6.07, 6.45) is -3.11. The van der Waals surface area contributed by atoms with E-state index >= 15 is 0 Å². The van der Waals surface area contributed by atoms with Crippen molar-refractivity contribution >= 4 is 23.2 Å². The highest BCUT2D eigenvalue weighted by atomic mass is 19.4. The molecule has 0 radical (unpaired) electrons. The number of amides is 2. The lowest BCUT2D eigenvalue weighted by atomic mass is 10.2. The molecule has 2 amide bonds. The molecule has 1 fully saturated rings. The van der Waals surface area contributed by atoms with Crippen molar-refractivity contribution in [3.63, 3.8) is 0 Å². The average molecular weight is 378 g/mol. The quantitative estimate of drug-likeness (QED) is 0.860. The number of carbonyl (C=O) groups is 2. The van der Waals surface area contributed by atoms with E-state index in [1.165, 1.54) is 12.1 Å². The van der Waals surface area contributed by atoms with Crippen LogP contribution in [0.2, 0.25) is 0 Å². The normalized spacial score (nSPS) is 14.3. The first-order valence-electron chi connectivity index (χ1n) is 8.33. The van der Waals surface area contributed by atoms with E-state index in [4.69, 9.17) is 4.74 Å². The topological polar surface area (TPSA) is 58.6 Å². The summed E-state index contributed by atoms with van der Waals surface area (Å²) in [5.74, 6) is -0.0816. The van der Waals surface area contributed by atoms with Crippen LogP contribution in [0.4, 0.5) is 24.5 Å². The highest BCUT2D eigenvalue weighted by molar-refractivity contribution is 5.95. The van der Waals surface area contributed by atoms with Crippen molar-refractivity contribution in [1.82, 2.24) is 0 Å². The molecule has 27 heavy (non-hydrogen) atoms. The Hall–Kier alpha value is -3.03. The smallest absolute Gasteiger partial charge is 0.416 e. The number of hydrogen-bond acceptors (Lipinski definition) is 3. The Kier molecular flexibility index (Phi) is 5.34. The molecule has 1 saturated heterocycles. The Bertz CT molecular complexity index is 835. The van der Waals surface area contributed by atoms with Crippen LogP contribution < -0.4 is 15.0 Å². The van der Waals surface area contributed by atoms with Crippen LogP contribution in [0.1, 0.15) is 18.4 Å². The number of nitrogens with zero attached hydrogens (tertiary/aromatic N) is 1. The summed E-state index contributed by atoms with van der Waals surface area (Å²) in [5, 5.41) is 2.37. The van der Waals surface area contributed by atoms with Crippen LogP contribution in [0.15, 0.2) is 48.5 Å². The van der Waals surface area contributed by atoms with Gasteiger partial charge in [-0.15, -0.1) is 0 Å². The van der Waals surface area contributed by atoms with Crippen molar-refractivity contribution in [1.29, 1.82) is 0 Å². The maximum atomic E-state index is 12.7. The molecule has 1 aliphatic heterocycles. The van der Waals surface area contributed by atoms with E-state index in [-0.39, 0.29) is 18.2 Å². The number of benzene rings is 2. The van der Waals surface area contributed by atoms with Crippen molar-refractivity contribution in [2.45, 2.75) is 19.0 Å². The van der Waals surface area contributed by atoms with Crippen LogP contribution in [0.3, 0.4) is 0 Å². The van der Waals surface area contributed by atoms with Gasteiger partial charge in [-0.2, -0.15) is 13.2 Å². The second kappa shape index (κ2) is 7.69. The third-order valence-electron chi connectivity index (χ3n) is 4.07. The molecule has 0 spiro atoms. The van der Waals surface area contributed by atoms with Crippen LogP contribution in [0.5, 0.6) is 5.75 Å². The molecule has 0 saturated carbocycles. The zero-order chi connectivity index (χ0) is 19.4. The second-order valence-corrected chi connectivity index (χ2v) is 6.06. The summed E-state index contributed by atoms with van der Waals surface area (Å²) in [7, 11) is 0. The monoisotopic (exact) mass is 378 g/mol. The number of ether oxygens (including phenoxy) is 1. The van der Waals surface area contributed by atoms with Gasteiger partial charge in [-0.3, -0.25) is 9.59 Å². The summed E-state index contributed by atoms with van der Waals surface area (Å²) < 4.78 is 43.4. The van der Waals surface area contributed by atoms with Crippen molar-refractivity contribution in [3.05, 3.63) is 54.1 Å². The summed E-state index contributed by atoms with van der Waals surface area (Å²) >= 11 is 0. The van der Waals surface area contributed by atoms with Gasteiger partial charge in [0.05, 0.1) is 5.56 Å². The average Bonchev–Trinajstić information content (AvgIpc) is 3.06. The molecule has 0 unspecified atom stereocenters. The van der Waals surface area contributed by atoms with E-state index in [0.29, 0.717) is 18.7 Å². The molecule has 0 atom stereocenters. The zero-order valence-electron chi connectivity index (χ0n) is 14.3. The van der Waals surface area contributed by atoms with Gasteiger partial charge in [0, 0.05) is 24.3 Å². The lowest BCUT2D eigenvalue weighted by Crippen LogP contribution is -2.23. The van der Waals surface area contributed by atoms with Crippen LogP contribution in [-0.2, 0) is 15.8 Å². The van der Waals surface area contributed by atoms with Crippen LogP contribution in [0.25, 0.3) is 0 Å². The van der Waals surface area contributed by atoms with E-state index < -0.39 is 17.6 Å². The highest BCUT2D eigenvalue weighted by Crippen LogP contribution is 2.30.